The van der Waals surface area contributed by atoms with Crippen LogP contribution in [-0.4, -0.2) is 10.0 Å². The minimum absolute atomic E-state index is 0.0792. The van der Waals surface area contributed by atoms with Crippen molar-refractivity contribution in [2.45, 2.75) is 23.7 Å². The van der Waals surface area contributed by atoms with Gasteiger partial charge in [0.2, 0.25) is 0 Å². The average Bonchev–Trinajstić information content (AvgIpc) is 2.45. The molecule has 2 aromatic rings. The van der Waals surface area contributed by atoms with E-state index in [0.717, 1.165) is 16.5 Å². The van der Waals surface area contributed by atoms with Crippen LogP contribution in [0.15, 0.2) is 47.4 Å². The quantitative estimate of drug-likeness (QED) is 0.513. The number of nitro groups is 1. The number of benzene rings is 2. The molecule has 0 saturated heterocycles. The number of halogens is 1. The fourth-order valence-electron chi connectivity index (χ4n) is 1.85. The van der Waals surface area contributed by atoms with Gasteiger partial charge in [0.25, 0.3) is 5.69 Å². The molecule has 0 aliphatic carbocycles. The number of thioether (sulfide) groups is 1. The van der Waals surface area contributed by atoms with Crippen molar-refractivity contribution in [3.8, 4) is 0 Å². The molecule has 21 heavy (non-hydrogen) atoms. The van der Waals surface area contributed by atoms with Crippen molar-refractivity contribution in [3.63, 3.8) is 0 Å². The van der Waals surface area contributed by atoms with Gasteiger partial charge in [0.05, 0.1) is 11.0 Å². The van der Waals surface area contributed by atoms with Crippen LogP contribution in [-0.2, 0) is 5.75 Å². The van der Waals surface area contributed by atoms with E-state index in [0.29, 0.717) is 11.3 Å². The molecule has 0 heterocycles. The smallest absolute Gasteiger partial charge is 0.273 e. The van der Waals surface area contributed by atoms with Gasteiger partial charge in [0, 0.05) is 22.3 Å². The van der Waals surface area contributed by atoms with Gasteiger partial charge in [-0.15, -0.1) is 11.8 Å². The molecule has 4 nitrogen and oxygen atoms in total. The molecule has 0 fully saturated rings. The maximum absolute atomic E-state index is 13.2. The summed E-state index contributed by atoms with van der Waals surface area (Å²) in [4.78, 5) is 11.3. The molecule has 1 unspecified atom stereocenters. The van der Waals surface area contributed by atoms with Crippen LogP contribution >= 0.6 is 11.8 Å². The van der Waals surface area contributed by atoms with Crippen LogP contribution < -0.4 is 0 Å². The molecule has 0 radical (unpaired) electrons. The van der Waals surface area contributed by atoms with Crippen molar-refractivity contribution in [1.29, 1.82) is 0 Å². The first-order valence-electron chi connectivity index (χ1n) is 6.31. The SMILES string of the molecule is CC(O)c1ccc(SCc2cc(F)ccc2[N+](=O)[O-])cc1. The monoisotopic (exact) mass is 307 g/mol. The van der Waals surface area contributed by atoms with Gasteiger partial charge >= 0.3 is 0 Å². The highest BCUT2D eigenvalue weighted by molar-refractivity contribution is 7.98. The van der Waals surface area contributed by atoms with Crippen LogP contribution in [0.1, 0.15) is 24.2 Å². The van der Waals surface area contributed by atoms with Crippen LogP contribution in [0.5, 0.6) is 0 Å². The average molecular weight is 307 g/mol. The first kappa shape index (κ1) is 15.5. The van der Waals surface area contributed by atoms with Crippen LogP contribution in [0.3, 0.4) is 0 Å². The lowest BCUT2D eigenvalue weighted by molar-refractivity contribution is -0.385. The van der Waals surface area contributed by atoms with Gasteiger partial charge in [-0.25, -0.2) is 4.39 Å². The number of nitro benzene ring substituents is 1. The molecule has 1 N–H and O–H groups in total. The van der Waals surface area contributed by atoms with Gasteiger partial charge in [-0.2, -0.15) is 0 Å². The van der Waals surface area contributed by atoms with E-state index in [1.165, 1.54) is 23.9 Å². The second kappa shape index (κ2) is 6.69. The third kappa shape index (κ3) is 4.03. The van der Waals surface area contributed by atoms with E-state index in [9.17, 15) is 19.6 Å². The molecule has 110 valence electrons. The third-order valence-electron chi connectivity index (χ3n) is 3.00. The Labute approximate surface area is 125 Å². The normalized spacial score (nSPS) is 12.1. The molecule has 0 aliphatic heterocycles. The molecule has 1 atom stereocenters. The van der Waals surface area contributed by atoms with Crippen molar-refractivity contribution in [3.05, 3.63) is 69.5 Å². The van der Waals surface area contributed by atoms with Gasteiger partial charge in [-0.1, -0.05) is 12.1 Å². The molecule has 6 heteroatoms. The van der Waals surface area contributed by atoms with Crippen LogP contribution in [0.2, 0.25) is 0 Å². The van der Waals surface area contributed by atoms with E-state index in [1.807, 2.05) is 12.1 Å². The summed E-state index contributed by atoms with van der Waals surface area (Å²) in [6.45, 7) is 1.68. The molecule has 0 aromatic heterocycles. The zero-order valence-corrected chi connectivity index (χ0v) is 12.1. The molecule has 0 saturated carbocycles. The highest BCUT2D eigenvalue weighted by Crippen LogP contribution is 2.29. The van der Waals surface area contributed by atoms with Crippen LogP contribution in [0.4, 0.5) is 10.1 Å². The topological polar surface area (TPSA) is 63.4 Å². The lowest BCUT2D eigenvalue weighted by atomic mass is 10.1. The summed E-state index contributed by atoms with van der Waals surface area (Å²) in [5, 5.41) is 20.3. The summed E-state index contributed by atoms with van der Waals surface area (Å²) >= 11 is 1.38. The van der Waals surface area contributed by atoms with Gasteiger partial charge in [-0.05, 0) is 36.8 Å². The summed E-state index contributed by atoms with van der Waals surface area (Å²) < 4.78 is 13.2. The van der Waals surface area contributed by atoms with E-state index in [2.05, 4.69) is 0 Å². The molecular formula is C15H14FNO3S. The number of hydrogen-bond donors (Lipinski definition) is 1. The van der Waals surface area contributed by atoms with E-state index >= 15 is 0 Å². The maximum Gasteiger partial charge on any atom is 0.273 e. The van der Waals surface area contributed by atoms with Crippen molar-refractivity contribution in [1.82, 2.24) is 0 Å². The van der Waals surface area contributed by atoms with Gasteiger partial charge in [-0.3, -0.25) is 10.1 Å². The summed E-state index contributed by atoms with van der Waals surface area (Å²) in [6, 6.07) is 10.7. The van der Waals surface area contributed by atoms with E-state index in [1.54, 1.807) is 19.1 Å². The molecule has 2 rings (SSSR count). The van der Waals surface area contributed by atoms with Crippen molar-refractivity contribution in [2.75, 3.05) is 0 Å². The first-order valence-corrected chi connectivity index (χ1v) is 7.29. The Morgan fingerprint density at radius 1 is 1.29 bits per heavy atom. The van der Waals surface area contributed by atoms with Crippen molar-refractivity contribution < 1.29 is 14.4 Å². The van der Waals surface area contributed by atoms with Gasteiger partial charge in [0.15, 0.2) is 0 Å². The number of rotatable bonds is 5. The summed E-state index contributed by atoms with van der Waals surface area (Å²) in [6.07, 6.45) is -0.534. The minimum atomic E-state index is -0.534. The van der Waals surface area contributed by atoms with Crippen molar-refractivity contribution in [2.24, 2.45) is 0 Å². The lowest BCUT2D eigenvalue weighted by Gasteiger charge is -2.07. The highest BCUT2D eigenvalue weighted by Gasteiger charge is 2.14. The standard InChI is InChI=1S/C15H14FNO3S/c1-10(18)11-2-5-14(6-3-11)21-9-12-8-13(16)4-7-15(12)17(19)20/h2-8,10,18H,9H2,1H3. The summed E-state index contributed by atoms with van der Waals surface area (Å²) in [5.74, 6) is -0.178. The third-order valence-corrected chi connectivity index (χ3v) is 4.06. The molecule has 2 aromatic carbocycles. The fraction of sp³-hybridized carbons (Fsp3) is 0.200. The Morgan fingerprint density at radius 3 is 2.52 bits per heavy atom. The second-order valence-electron chi connectivity index (χ2n) is 4.56. The van der Waals surface area contributed by atoms with Crippen LogP contribution in [0, 0.1) is 15.9 Å². The fourth-order valence-corrected chi connectivity index (χ4v) is 2.73. The van der Waals surface area contributed by atoms with Crippen LogP contribution in [0.25, 0.3) is 0 Å². The molecular weight excluding hydrogens is 293 g/mol. The van der Waals surface area contributed by atoms with Gasteiger partial charge in [0.1, 0.15) is 5.82 Å². The highest BCUT2D eigenvalue weighted by atomic mass is 32.2. The predicted molar refractivity (Wildman–Crippen MR) is 79.7 cm³/mol. The molecule has 0 spiro atoms. The molecule has 0 aliphatic rings. The Bertz CT molecular complexity index is 644. The van der Waals surface area contributed by atoms with Gasteiger partial charge < -0.3 is 5.11 Å². The zero-order chi connectivity index (χ0) is 15.4. The van der Waals surface area contributed by atoms with E-state index in [-0.39, 0.29) is 5.69 Å². The predicted octanol–water partition coefficient (Wildman–Crippen LogP) is 4.08. The minimum Gasteiger partial charge on any atom is -0.389 e. The Morgan fingerprint density at radius 2 is 1.95 bits per heavy atom. The number of aliphatic hydroxyl groups is 1. The Kier molecular flexibility index (Phi) is 4.93. The molecule has 0 amide bonds. The van der Waals surface area contributed by atoms with Crippen molar-refractivity contribution >= 4 is 17.4 Å². The number of nitrogens with zero attached hydrogens (tertiary/aromatic N) is 1. The lowest BCUT2D eigenvalue weighted by Crippen LogP contribution is -1.95. The summed E-state index contributed by atoms with van der Waals surface area (Å²) in [5.41, 5.74) is 1.07. The Hall–Kier alpha value is -1.92. The number of aliphatic hydroxyl groups excluding tert-OH is 1. The maximum atomic E-state index is 13.2. The molecule has 0 bridgehead atoms. The van der Waals surface area contributed by atoms with E-state index in [4.69, 9.17) is 0 Å². The number of hydrogen-bond acceptors (Lipinski definition) is 4. The Balaban J connectivity index is 2.12. The first-order chi connectivity index (χ1) is 9.97. The summed E-state index contributed by atoms with van der Waals surface area (Å²) in [7, 11) is 0. The van der Waals surface area contributed by atoms with E-state index < -0.39 is 16.8 Å². The second-order valence-corrected chi connectivity index (χ2v) is 5.61. The largest absolute Gasteiger partial charge is 0.389 e. The zero-order valence-electron chi connectivity index (χ0n) is 11.3.